The quantitative estimate of drug-likeness (QED) is 0.646. The fraction of sp³-hybridized carbons (Fsp3) is 0. The van der Waals surface area contributed by atoms with Gasteiger partial charge in [-0.25, -0.2) is 4.79 Å². The Morgan fingerprint density at radius 2 is 1.58 bits per heavy atom. The van der Waals surface area contributed by atoms with E-state index in [1.807, 2.05) is 12.1 Å². The van der Waals surface area contributed by atoms with Crippen molar-refractivity contribution in [2.45, 2.75) is 0 Å². The normalized spacial score (nSPS) is 10.4. The van der Waals surface area contributed by atoms with E-state index in [1.165, 1.54) is 6.07 Å². The number of hydrogen-bond donors (Lipinski definition) is 2. The number of benzene rings is 2. The molecular weight excluding hydrogens is 347 g/mol. The van der Waals surface area contributed by atoms with E-state index in [9.17, 15) is 9.90 Å². The second-order valence-electron chi connectivity index (χ2n) is 5.03. The van der Waals surface area contributed by atoms with Crippen LogP contribution in [0.1, 0.15) is 10.4 Å². The molecule has 0 aliphatic heterocycles. The highest BCUT2D eigenvalue weighted by atomic mass is 35.5. The zero-order valence-electron chi connectivity index (χ0n) is 12.3. The first-order valence-electron chi connectivity index (χ1n) is 7.05. The van der Waals surface area contributed by atoms with Crippen molar-refractivity contribution in [3.63, 3.8) is 0 Å². The third-order valence-corrected chi connectivity index (χ3v) is 4.07. The number of halogens is 2. The Morgan fingerprint density at radius 1 is 0.958 bits per heavy atom. The number of nitrogens with one attached hydrogen (secondary N) is 1. The molecule has 4 nitrogen and oxygen atoms in total. The molecule has 0 fully saturated rings. The summed E-state index contributed by atoms with van der Waals surface area (Å²) >= 11 is 12.7. The topological polar surface area (TPSA) is 62.2 Å². The van der Waals surface area contributed by atoms with Crippen LogP contribution in [0.5, 0.6) is 0 Å². The fourth-order valence-electron chi connectivity index (χ4n) is 2.32. The van der Waals surface area contributed by atoms with Crippen LogP contribution >= 0.6 is 23.2 Å². The monoisotopic (exact) mass is 358 g/mol. The number of carboxylic acids is 1. The minimum absolute atomic E-state index is 0.142. The summed E-state index contributed by atoms with van der Waals surface area (Å²) in [5, 5.41) is 13.1. The lowest BCUT2D eigenvalue weighted by Gasteiger charge is -2.14. The van der Waals surface area contributed by atoms with Gasteiger partial charge in [0.05, 0.1) is 27.0 Å². The number of para-hydroxylation sites is 1. The summed E-state index contributed by atoms with van der Waals surface area (Å²) in [5.74, 6) is -1.03. The first-order chi connectivity index (χ1) is 11.6. The molecule has 6 heteroatoms. The zero-order valence-corrected chi connectivity index (χ0v) is 13.8. The van der Waals surface area contributed by atoms with E-state index in [2.05, 4.69) is 10.3 Å². The number of carbonyl (C=O) groups is 1. The van der Waals surface area contributed by atoms with Crippen LogP contribution < -0.4 is 5.32 Å². The van der Waals surface area contributed by atoms with Crippen molar-refractivity contribution in [2.75, 3.05) is 5.32 Å². The summed E-state index contributed by atoms with van der Waals surface area (Å²) in [6.45, 7) is 0. The smallest absolute Gasteiger partial charge is 0.337 e. The van der Waals surface area contributed by atoms with Crippen LogP contribution in [-0.4, -0.2) is 16.1 Å². The van der Waals surface area contributed by atoms with Crippen LogP contribution in [0.15, 0.2) is 60.9 Å². The third-order valence-electron chi connectivity index (χ3n) is 3.47. The Labute approximate surface area is 148 Å². The molecule has 120 valence electrons. The van der Waals surface area contributed by atoms with Crippen molar-refractivity contribution in [1.29, 1.82) is 0 Å². The molecule has 24 heavy (non-hydrogen) atoms. The molecule has 1 heterocycles. The van der Waals surface area contributed by atoms with E-state index in [0.717, 1.165) is 11.1 Å². The molecule has 3 rings (SSSR count). The van der Waals surface area contributed by atoms with Crippen molar-refractivity contribution in [3.05, 3.63) is 76.5 Å². The second kappa shape index (κ2) is 6.91. The Balaban J connectivity index is 2.00. The summed E-state index contributed by atoms with van der Waals surface area (Å²) in [7, 11) is 0. The number of carboxylic acid groups (broad SMARTS) is 1. The second-order valence-corrected chi connectivity index (χ2v) is 5.84. The largest absolute Gasteiger partial charge is 0.478 e. The van der Waals surface area contributed by atoms with E-state index in [-0.39, 0.29) is 5.56 Å². The molecule has 0 spiro atoms. The fourth-order valence-corrected chi connectivity index (χ4v) is 2.90. The van der Waals surface area contributed by atoms with Gasteiger partial charge in [-0.2, -0.15) is 0 Å². The third kappa shape index (κ3) is 3.35. The highest BCUT2D eigenvalue weighted by Crippen LogP contribution is 2.37. The average Bonchev–Trinajstić information content (AvgIpc) is 2.59. The predicted molar refractivity (Wildman–Crippen MR) is 96.4 cm³/mol. The molecule has 0 aliphatic carbocycles. The van der Waals surface area contributed by atoms with Crippen LogP contribution in [0.2, 0.25) is 10.0 Å². The van der Waals surface area contributed by atoms with Gasteiger partial charge >= 0.3 is 5.97 Å². The van der Waals surface area contributed by atoms with Gasteiger partial charge < -0.3 is 10.4 Å². The molecule has 1 aromatic heterocycles. The average molecular weight is 359 g/mol. The van der Waals surface area contributed by atoms with Crippen LogP contribution in [0, 0.1) is 0 Å². The number of rotatable bonds is 4. The lowest BCUT2D eigenvalue weighted by molar-refractivity contribution is 0.0698. The standard InChI is InChI=1S/C18H12Cl2N2O2/c19-14-9-12(11-5-7-21-8-6-11)10-15(20)17(14)22-16-4-2-1-3-13(16)18(23)24/h1-10,22H,(H,23,24). The summed E-state index contributed by atoms with van der Waals surface area (Å²) in [4.78, 5) is 15.3. The molecule has 0 radical (unpaired) electrons. The van der Waals surface area contributed by atoms with E-state index in [4.69, 9.17) is 23.2 Å². The summed E-state index contributed by atoms with van der Waals surface area (Å²) in [5.41, 5.74) is 2.81. The highest BCUT2D eigenvalue weighted by Gasteiger charge is 2.14. The number of hydrogen-bond acceptors (Lipinski definition) is 3. The zero-order chi connectivity index (χ0) is 17.1. The van der Waals surface area contributed by atoms with Gasteiger partial charge in [0.15, 0.2) is 0 Å². The molecule has 2 N–H and O–H groups in total. The van der Waals surface area contributed by atoms with Crippen LogP contribution in [0.25, 0.3) is 11.1 Å². The van der Waals surface area contributed by atoms with Gasteiger partial charge in [0.1, 0.15) is 0 Å². The van der Waals surface area contributed by atoms with Crippen LogP contribution in [-0.2, 0) is 0 Å². The van der Waals surface area contributed by atoms with Crippen molar-refractivity contribution in [1.82, 2.24) is 4.98 Å². The first kappa shape index (κ1) is 16.3. The van der Waals surface area contributed by atoms with Gasteiger partial charge in [-0.3, -0.25) is 4.98 Å². The maximum Gasteiger partial charge on any atom is 0.337 e. The molecule has 0 saturated carbocycles. The lowest BCUT2D eigenvalue weighted by atomic mass is 10.1. The van der Waals surface area contributed by atoms with Crippen molar-refractivity contribution in [2.24, 2.45) is 0 Å². The van der Waals surface area contributed by atoms with Gasteiger partial charge in [-0.05, 0) is 47.5 Å². The van der Waals surface area contributed by atoms with Crippen molar-refractivity contribution >= 4 is 40.5 Å². The minimum atomic E-state index is -1.03. The minimum Gasteiger partial charge on any atom is -0.478 e. The van der Waals surface area contributed by atoms with Gasteiger partial charge in [-0.1, -0.05) is 35.3 Å². The maximum atomic E-state index is 11.3. The van der Waals surface area contributed by atoms with Gasteiger partial charge in [-0.15, -0.1) is 0 Å². The van der Waals surface area contributed by atoms with E-state index in [0.29, 0.717) is 21.4 Å². The SMILES string of the molecule is O=C(O)c1ccccc1Nc1c(Cl)cc(-c2ccncc2)cc1Cl. The summed E-state index contributed by atoms with van der Waals surface area (Å²) < 4.78 is 0. The molecule has 0 bridgehead atoms. The number of aromatic carboxylic acids is 1. The Kier molecular flexibility index (Phi) is 4.69. The Hall–Kier alpha value is -2.56. The number of pyridine rings is 1. The van der Waals surface area contributed by atoms with E-state index >= 15 is 0 Å². The summed E-state index contributed by atoms with van der Waals surface area (Å²) in [6.07, 6.45) is 3.37. The molecule has 0 aliphatic rings. The maximum absolute atomic E-state index is 11.3. The molecule has 3 aromatic rings. The van der Waals surface area contributed by atoms with E-state index in [1.54, 1.807) is 42.7 Å². The Bertz CT molecular complexity index is 876. The van der Waals surface area contributed by atoms with Crippen LogP contribution in [0.4, 0.5) is 11.4 Å². The number of anilines is 2. The first-order valence-corrected chi connectivity index (χ1v) is 7.80. The molecule has 0 atom stereocenters. The Morgan fingerprint density at radius 3 is 2.21 bits per heavy atom. The van der Waals surface area contributed by atoms with Crippen molar-refractivity contribution < 1.29 is 9.90 Å². The van der Waals surface area contributed by atoms with Gasteiger partial charge in [0.25, 0.3) is 0 Å². The highest BCUT2D eigenvalue weighted by molar-refractivity contribution is 6.39. The molecule has 0 unspecified atom stereocenters. The van der Waals surface area contributed by atoms with Crippen LogP contribution in [0.3, 0.4) is 0 Å². The summed E-state index contributed by atoms with van der Waals surface area (Å²) in [6, 6.07) is 13.8. The molecular formula is C18H12Cl2N2O2. The van der Waals surface area contributed by atoms with Crippen molar-refractivity contribution in [3.8, 4) is 11.1 Å². The lowest BCUT2D eigenvalue weighted by Crippen LogP contribution is -2.03. The molecule has 0 saturated heterocycles. The number of nitrogens with zero attached hydrogens (tertiary/aromatic N) is 1. The molecule has 0 amide bonds. The van der Waals surface area contributed by atoms with E-state index < -0.39 is 5.97 Å². The predicted octanol–water partition coefficient (Wildman–Crippen LogP) is 5.50. The number of aromatic nitrogens is 1. The van der Waals surface area contributed by atoms with Gasteiger partial charge in [0.2, 0.25) is 0 Å². The molecule has 2 aromatic carbocycles. The van der Waals surface area contributed by atoms with Gasteiger partial charge in [0, 0.05) is 12.4 Å².